The summed E-state index contributed by atoms with van der Waals surface area (Å²) in [6, 6.07) is 7.65. The van der Waals surface area contributed by atoms with Crippen molar-refractivity contribution in [2.75, 3.05) is 18.0 Å². The van der Waals surface area contributed by atoms with Gasteiger partial charge in [0.2, 0.25) is 0 Å². The standard InChI is InChI=1S/C20H25N5O2/c1-12-21-16-10-17(26)14(9-18(16)27-12)15-5-6-19(24-23-15)25-8-7-13(11-25)22-20(2,3)4/h5-6,9-10,13,22,26H,7-8,11H2,1-4H3/t13-/m1/s1. The second-order valence-electron chi connectivity index (χ2n) is 8.17. The Morgan fingerprint density at radius 1 is 1.22 bits per heavy atom. The van der Waals surface area contributed by atoms with Crippen molar-refractivity contribution in [3.8, 4) is 17.0 Å². The Morgan fingerprint density at radius 3 is 2.74 bits per heavy atom. The largest absolute Gasteiger partial charge is 0.507 e. The number of phenolic OH excluding ortho intramolecular Hbond substituents is 1. The van der Waals surface area contributed by atoms with Gasteiger partial charge in [-0.25, -0.2) is 4.98 Å². The Balaban J connectivity index is 1.54. The lowest BCUT2D eigenvalue weighted by atomic mass is 10.1. The third kappa shape index (κ3) is 3.73. The predicted molar refractivity (Wildman–Crippen MR) is 105 cm³/mol. The molecule has 0 radical (unpaired) electrons. The first-order chi connectivity index (χ1) is 12.8. The molecule has 0 saturated carbocycles. The molecule has 1 aliphatic heterocycles. The number of hydrogen-bond donors (Lipinski definition) is 2. The Hall–Kier alpha value is -2.67. The molecule has 0 spiro atoms. The number of nitrogens with zero attached hydrogens (tertiary/aromatic N) is 4. The highest BCUT2D eigenvalue weighted by atomic mass is 16.3. The molecule has 0 bridgehead atoms. The molecule has 7 heteroatoms. The summed E-state index contributed by atoms with van der Waals surface area (Å²) in [7, 11) is 0. The summed E-state index contributed by atoms with van der Waals surface area (Å²) in [6.07, 6.45) is 1.09. The van der Waals surface area contributed by atoms with Crippen LogP contribution in [0.5, 0.6) is 5.75 Å². The number of phenols is 1. The van der Waals surface area contributed by atoms with Crippen LogP contribution in [0.2, 0.25) is 0 Å². The maximum atomic E-state index is 10.3. The maximum absolute atomic E-state index is 10.3. The fraction of sp³-hybridized carbons (Fsp3) is 0.450. The molecule has 7 nitrogen and oxygen atoms in total. The number of hydrogen-bond acceptors (Lipinski definition) is 7. The minimum atomic E-state index is 0.103. The van der Waals surface area contributed by atoms with Crippen molar-refractivity contribution in [2.45, 2.75) is 45.7 Å². The molecule has 1 fully saturated rings. The first-order valence-corrected chi connectivity index (χ1v) is 9.25. The van der Waals surface area contributed by atoms with Gasteiger partial charge in [0.05, 0.1) is 5.69 Å². The second-order valence-corrected chi connectivity index (χ2v) is 8.17. The number of fused-ring (bicyclic) bond motifs is 1. The van der Waals surface area contributed by atoms with Gasteiger partial charge in [-0.2, -0.15) is 0 Å². The van der Waals surface area contributed by atoms with Crippen LogP contribution in [-0.4, -0.2) is 45.0 Å². The van der Waals surface area contributed by atoms with Gasteiger partial charge in [0.25, 0.3) is 0 Å². The van der Waals surface area contributed by atoms with E-state index in [1.807, 2.05) is 12.1 Å². The molecule has 1 atom stereocenters. The number of aromatic nitrogens is 3. The van der Waals surface area contributed by atoms with Crippen LogP contribution in [0.25, 0.3) is 22.4 Å². The molecular weight excluding hydrogens is 342 g/mol. The van der Waals surface area contributed by atoms with Crippen molar-refractivity contribution >= 4 is 16.9 Å². The number of rotatable bonds is 3. The molecule has 142 valence electrons. The van der Waals surface area contributed by atoms with Gasteiger partial charge >= 0.3 is 0 Å². The number of benzene rings is 1. The van der Waals surface area contributed by atoms with Gasteiger partial charge in [-0.15, -0.1) is 10.2 Å². The van der Waals surface area contributed by atoms with Crippen molar-refractivity contribution < 1.29 is 9.52 Å². The van der Waals surface area contributed by atoms with Crippen molar-refractivity contribution in [1.29, 1.82) is 0 Å². The van der Waals surface area contributed by atoms with Crippen LogP contribution in [0.15, 0.2) is 28.7 Å². The summed E-state index contributed by atoms with van der Waals surface area (Å²) < 4.78 is 5.56. The third-order valence-corrected chi connectivity index (χ3v) is 4.69. The van der Waals surface area contributed by atoms with Gasteiger partial charge in [0, 0.05) is 43.2 Å². The van der Waals surface area contributed by atoms with Crippen LogP contribution < -0.4 is 10.2 Å². The summed E-state index contributed by atoms with van der Waals surface area (Å²) >= 11 is 0. The van der Waals surface area contributed by atoms with Gasteiger partial charge in [0.1, 0.15) is 11.3 Å². The Labute approximate surface area is 158 Å². The van der Waals surface area contributed by atoms with E-state index in [0.717, 1.165) is 25.3 Å². The summed E-state index contributed by atoms with van der Waals surface area (Å²) in [5.41, 5.74) is 2.56. The number of aromatic hydroxyl groups is 1. The molecule has 3 heterocycles. The summed E-state index contributed by atoms with van der Waals surface area (Å²) in [5, 5.41) is 22.7. The van der Waals surface area contributed by atoms with E-state index in [0.29, 0.717) is 34.3 Å². The minimum absolute atomic E-state index is 0.103. The van der Waals surface area contributed by atoms with E-state index in [1.54, 1.807) is 19.1 Å². The van der Waals surface area contributed by atoms with E-state index in [4.69, 9.17) is 4.42 Å². The van der Waals surface area contributed by atoms with Gasteiger partial charge in [0.15, 0.2) is 17.3 Å². The highest BCUT2D eigenvalue weighted by Gasteiger charge is 2.26. The molecule has 2 aromatic heterocycles. The van der Waals surface area contributed by atoms with E-state index >= 15 is 0 Å². The molecule has 4 rings (SSSR count). The van der Waals surface area contributed by atoms with E-state index in [9.17, 15) is 5.11 Å². The van der Waals surface area contributed by atoms with Crippen LogP contribution in [0, 0.1) is 6.92 Å². The smallest absolute Gasteiger partial charge is 0.192 e. The molecule has 0 amide bonds. The Morgan fingerprint density at radius 2 is 2.04 bits per heavy atom. The zero-order valence-corrected chi connectivity index (χ0v) is 16.2. The monoisotopic (exact) mass is 367 g/mol. The van der Waals surface area contributed by atoms with Crippen molar-refractivity contribution in [1.82, 2.24) is 20.5 Å². The Kier molecular flexibility index (Phi) is 4.26. The fourth-order valence-corrected chi connectivity index (χ4v) is 3.62. The van der Waals surface area contributed by atoms with E-state index in [1.165, 1.54) is 0 Å². The van der Waals surface area contributed by atoms with Gasteiger partial charge in [-0.3, -0.25) is 0 Å². The highest BCUT2D eigenvalue weighted by Crippen LogP contribution is 2.33. The first-order valence-electron chi connectivity index (χ1n) is 9.25. The van der Waals surface area contributed by atoms with Crippen LogP contribution in [0.1, 0.15) is 33.1 Å². The number of aryl methyl sites for hydroxylation is 1. The van der Waals surface area contributed by atoms with Gasteiger partial charge in [-0.05, 0) is 45.4 Å². The van der Waals surface area contributed by atoms with Crippen LogP contribution in [0.4, 0.5) is 5.82 Å². The summed E-state index contributed by atoms with van der Waals surface area (Å²) in [5.74, 6) is 1.54. The average Bonchev–Trinajstić information content (AvgIpc) is 3.18. The topological polar surface area (TPSA) is 87.3 Å². The number of oxazole rings is 1. The van der Waals surface area contributed by atoms with Crippen molar-refractivity contribution in [3.05, 3.63) is 30.2 Å². The van der Waals surface area contributed by atoms with Crippen molar-refractivity contribution in [3.63, 3.8) is 0 Å². The molecule has 0 unspecified atom stereocenters. The summed E-state index contributed by atoms with van der Waals surface area (Å²) in [4.78, 5) is 6.47. The zero-order chi connectivity index (χ0) is 19.2. The molecular formula is C20H25N5O2. The van der Waals surface area contributed by atoms with Gasteiger partial charge in [-0.1, -0.05) is 0 Å². The lowest BCUT2D eigenvalue weighted by Gasteiger charge is -2.26. The van der Waals surface area contributed by atoms with Crippen LogP contribution in [-0.2, 0) is 0 Å². The highest BCUT2D eigenvalue weighted by molar-refractivity contribution is 5.83. The zero-order valence-electron chi connectivity index (χ0n) is 16.2. The quantitative estimate of drug-likeness (QED) is 0.734. The van der Waals surface area contributed by atoms with E-state index < -0.39 is 0 Å². The first kappa shape index (κ1) is 17.7. The lowest BCUT2D eigenvalue weighted by molar-refractivity contribution is 0.373. The van der Waals surface area contributed by atoms with Crippen LogP contribution >= 0.6 is 0 Å². The molecule has 27 heavy (non-hydrogen) atoms. The predicted octanol–water partition coefficient (Wildman–Crippen LogP) is 3.27. The molecule has 1 aliphatic rings. The average molecular weight is 367 g/mol. The molecule has 3 aromatic rings. The Bertz CT molecular complexity index is 959. The molecule has 1 aromatic carbocycles. The number of anilines is 1. The maximum Gasteiger partial charge on any atom is 0.192 e. The minimum Gasteiger partial charge on any atom is -0.507 e. The molecule has 1 saturated heterocycles. The SMILES string of the molecule is Cc1nc2cc(O)c(-c3ccc(N4CC[C@@H](NC(C)(C)C)C4)nn3)cc2o1. The molecule has 2 N–H and O–H groups in total. The van der Waals surface area contributed by atoms with Crippen molar-refractivity contribution in [2.24, 2.45) is 0 Å². The van der Waals surface area contributed by atoms with E-state index in [2.05, 4.69) is 46.2 Å². The second kappa shape index (κ2) is 6.49. The molecule has 0 aliphatic carbocycles. The van der Waals surface area contributed by atoms with Gasteiger partial charge < -0.3 is 19.7 Å². The normalized spacial score (nSPS) is 17.8. The lowest BCUT2D eigenvalue weighted by Crippen LogP contribution is -2.45. The number of nitrogens with one attached hydrogen (secondary N) is 1. The third-order valence-electron chi connectivity index (χ3n) is 4.69. The fourth-order valence-electron chi connectivity index (χ4n) is 3.62. The summed E-state index contributed by atoms with van der Waals surface area (Å²) in [6.45, 7) is 10.2. The van der Waals surface area contributed by atoms with E-state index in [-0.39, 0.29) is 11.3 Å². The van der Waals surface area contributed by atoms with Crippen LogP contribution in [0.3, 0.4) is 0 Å².